The number of fused-ring (bicyclic) bond motifs is 1. The van der Waals surface area contributed by atoms with Gasteiger partial charge in [-0.2, -0.15) is 5.10 Å². The third kappa shape index (κ3) is 2.23. The van der Waals surface area contributed by atoms with Crippen molar-refractivity contribution in [3.63, 3.8) is 0 Å². The van der Waals surface area contributed by atoms with E-state index in [2.05, 4.69) is 34.5 Å². The maximum Gasteiger partial charge on any atom is 0.157 e. The molecule has 0 fully saturated rings. The molecule has 1 atom stereocenters. The van der Waals surface area contributed by atoms with Crippen molar-refractivity contribution in [2.75, 3.05) is 11.9 Å². The summed E-state index contributed by atoms with van der Waals surface area (Å²) in [5.41, 5.74) is 7.56. The first-order chi connectivity index (χ1) is 9.71. The molecule has 0 bridgehead atoms. The summed E-state index contributed by atoms with van der Waals surface area (Å²) in [5.74, 6) is 0.787. The lowest BCUT2D eigenvalue weighted by molar-refractivity contribution is 0.554. The molecular formula is C15H17N5. The summed E-state index contributed by atoms with van der Waals surface area (Å²) < 4.78 is 1.73. The quantitative estimate of drug-likeness (QED) is 0.759. The van der Waals surface area contributed by atoms with Crippen molar-refractivity contribution in [3.05, 3.63) is 60.4 Å². The first-order valence-electron chi connectivity index (χ1n) is 6.55. The number of nitrogens with one attached hydrogen (secondary N) is 1. The highest BCUT2D eigenvalue weighted by atomic mass is 15.2. The Labute approximate surface area is 117 Å². The topological polar surface area (TPSA) is 68.2 Å². The largest absolute Gasteiger partial charge is 0.359 e. The number of hydrogen-bond acceptors (Lipinski definition) is 4. The summed E-state index contributed by atoms with van der Waals surface area (Å²) in [7, 11) is 0. The van der Waals surface area contributed by atoms with Gasteiger partial charge in [-0.25, -0.2) is 9.50 Å². The summed E-state index contributed by atoms with van der Waals surface area (Å²) in [6, 6.07) is 13.9. The van der Waals surface area contributed by atoms with Crippen molar-refractivity contribution in [1.82, 2.24) is 14.6 Å². The third-order valence-electron chi connectivity index (χ3n) is 3.48. The van der Waals surface area contributed by atoms with Gasteiger partial charge < -0.3 is 11.1 Å². The van der Waals surface area contributed by atoms with Crippen molar-refractivity contribution in [2.24, 2.45) is 5.73 Å². The Bertz CT molecular complexity index is 706. The molecule has 0 aliphatic rings. The second-order valence-electron chi connectivity index (χ2n) is 4.97. The second-order valence-corrected chi connectivity index (χ2v) is 4.97. The number of nitrogens with zero attached hydrogens (tertiary/aromatic N) is 3. The van der Waals surface area contributed by atoms with Gasteiger partial charge >= 0.3 is 0 Å². The van der Waals surface area contributed by atoms with Gasteiger partial charge in [0, 0.05) is 18.8 Å². The van der Waals surface area contributed by atoms with Crippen LogP contribution in [0.4, 0.5) is 5.82 Å². The lowest BCUT2D eigenvalue weighted by Gasteiger charge is -2.30. The Kier molecular flexibility index (Phi) is 3.12. The minimum Gasteiger partial charge on any atom is -0.359 e. The van der Waals surface area contributed by atoms with Gasteiger partial charge in [-0.05, 0) is 18.6 Å². The predicted octanol–water partition coefficient (Wildman–Crippen LogP) is 2.02. The number of nitrogens with two attached hydrogens (primary N) is 1. The van der Waals surface area contributed by atoms with Crippen LogP contribution in [0.2, 0.25) is 0 Å². The fourth-order valence-corrected chi connectivity index (χ4v) is 2.21. The molecule has 102 valence electrons. The van der Waals surface area contributed by atoms with E-state index in [-0.39, 0.29) is 5.54 Å². The normalized spacial score (nSPS) is 14.1. The SMILES string of the molecule is CC(CN)(Nc1ccn2nccc2n1)c1ccccc1. The molecule has 3 aromatic rings. The molecule has 0 radical (unpaired) electrons. The Balaban J connectivity index is 1.94. The molecule has 1 aromatic carbocycles. The average molecular weight is 267 g/mol. The van der Waals surface area contributed by atoms with Gasteiger partial charge in [0.05, 0.1) is 11.7 Å². The molecule has 0 saturated heterocycles. The fourth-order valence-electron chi connectivity index (χ4n) is 2.21. The molecule has 0 aliphatic carbocycles. The minimum absolute atomic E-state index is 0.355. The van der Waals surface area contributed by atoms with E-state index in [0.717, 1.165) is 17.0 Å². The zero-order valence-corrected chi connectivity index (χ0v) is 11.3. The standard InChI is InChI=1S/C15H17N5/c1-15(11-16,12-5-3-2-4-6-12)19-13-8-10-20-14(18-13)7-9-17-20/h2-10H,11,16H2,1H3,(H,18,19). The van der Waals surface area contributed by atoms with Gasteiger partial charge in [-0.15, -0.1) is 0 Å². The molecule has 2 aromatic heterocycles. The molecule has 5 nitrogen and oxygen atoms in total. The van der Waals surface area contributed by atoms with Crippen molar-refractivity contribution in [1.29, 1.82) is 0 Å². The maximum absolute atomic E-state index is 5.97. The van der Waals surface area contributed by atoms with Crippen LogP contribution in [-0.2, 0) is 5.54 Å². The zero-order chi connectivity index (χ0) is 14.0. The van der Waals surface area contributed by atoms with E-state index in [4.69, 9.17) is 5.73 Å². The fraction of sp³-hybridized carbons (Fsp3) is 0.200. The van der Waals surface area contributed by atoms with Crippen LogP contribution < -0.4 is 11.1 Å². The molecule has 0 aliphatic heterocycles. The van der Waals surface area contributed by atoms with Crippen LogP contribution in [0.25, 0.3) is 5.65 Å². The molecule has 1 unspecified atom stereocenters. The third-order valence-corrected chi connectivity index (χ3v) is 3.48. The molecule has 2 heterocycles. The maximum atomic E-state index is 5.97. The second kappa shape index (κ2) is 4.94. The molecule has 3 N–H and O–H groups in total. The molecule has 0 spiro atoms. The Morgan fingerprint density at radius 3 is 2.75 bits per heavy atom. The van der Waals surface area contributed by atoms with Gasteiger partial charge in [-0.3, -0.25) is 0 Å². The summed E-state index contributed by atoms with van der Waals surface area (Å²) in [4.78, 5) is 4.53. The molecule has 0 amide bonds. The van der Waals surface area contributed by atoms with E-state index in [1.54, 1.807) is 10.7 Å². The monoisotopic (exact) mass is 267 g/mol. The number of benzene rings is 1. The van der Waals surface area contributed by atoms with Crippen LogP contribution in [0, 0.1) is 0 Å². The highest BCUT2D eigenvalue weighted by molar-refractivity contribution is 5.48. The molecule has 5 heteroatoms. The number of anilines is 1. The lowest BCUT2D eigenvalue weighted by atomic mass is 9.92. The number of hydrogen-bond donors (Lipinski definition) is 2. The molecular weight excluding hydrogens is 250 g/mol. The van der Waals surface area contributed by atoms with E-state index in [1.165, 1.54) is 0 Å². The number of rotatable bonds is 4. The van der Waals surface area contributed by atoms with E-state index in [0.29, 0.717) is 6.54 Å². The van der Waals surface area contributed by atoms with Crippen molar-refractivity contribution < 1.29 is 0 Å². The van der Waals surface area contributed by atoms with Crippen molar-refractivity contribution >= 4 is 11.5 Å². The van der Waals surface area contributed by atoms with Crippen LogP contribution >= 0.6 is 0 Å². The highest BCUT2D eigenvalue weighted by Gasteiger charge is 2.25. The first-order valence-corrected chi connectivity index (χ1v) is 6.55. The summed E-state index contributed by atoms with van der Waals surface area (Å²) >= 11 is 0. The summed E-state index contributed by atoms with van der Waals surface area (Å²) in [5, 5.41) is 7.56. The van der Waals surface area contributed by atoms with Crippen LogP contribution in [0.5, 0.6) is 0 Å². The van der Waals surface area contributed by atoms with E-state index in [9.17, 15) is 0 Å². The van der Waals surface area contributed by atoms with E-state index < -0.39 is 0 Å². The molecule has 0 saturated carbocycles. The van der Waals surface area contributed by atoms with Crippen LogP contribution in [-0.4, -0.2) is 21.1 Å². The van der Waals surface area contributed by atoms with Crippen LogP contribution in [0.15, 0.2) is 54.9 Å². The van der Waals surface area contributed by atoms with E-state index >= 15 is 0 Å². The smallest absolute Gasteiger partial charge is 0.157 e. The highest BCUT2D eigenvalue weighted by Crippen LogP contribution is 2.24. The zero-order valence-electron chi connectivity index (χ0n) is 11.3. The lowest BCUT2D eigenvalue weighted by Crippen LogP contribution is -2.40. The van der Waals surface area contributed by atoms with Crippen molar-refractivity contribution in [2.45, 2.75) is 12.5 Å². The van der Waals surface area contributed by atoms with Gasteiger partial charge in [0.2, 0.25) is 0 Å². The van der Waals surface area contributed by atoms with Crippen LogP contribution in [0.1, 0.15) is 12.5 Å². The van der Waals surface area contributed by atoms with Gasteiger partial charge in [0.15, 0.2) is 5.65 Å². The number of aromatic nitrogens is 3. The van der Waals surface area contributed by atoms with Crippen molar-refractivity contribution in [3.8, 4) is 0 Å². The predicted molar refractivity (Wildman–Crippen MR) is 79.5 cm³/mol. The van der Waals surface area contributed by atoms with Gasteiger partial charge in [0.25, 0.3) is 0 Å². The first kappa shape index (κ1) is 12.6. The Hall–Kier alpha value is -2.40. The molecule has 20 heavy (non-hydrogen) atoms. The van der Waals surface area contributed by atoms with Crippen LogP contribution in [0.3, 0.4) is 0 Å². The average Bonchev–Trinajstić information content (AvgIpc) is 2.95. The summed E-state index contributed by atoms with van der Waals surface area (Å²) in [6.07, 6.45) is 3.61. The Morgan fingerprint density at radius 1 is 1.20 bits per heavy atom. The van der Waals surface area contributed by atoms with Gasteiger partial charge in [-0.1, -0.05) is 30.3 Å². The summed E-state index contributed by atoms with van der Waals surface area (Å²) in [6.45, 7) is 2.55. The molecule has 3 rings (SSSR count). The Morgan fingerprint density at radius 2 is 2.00 bits per heavy atom. The minimum atomic E-state index is -0.355. The van der Waals surface area contributed by atoms with Gasteiger partial charge in [0.1, 0.15) is 5.82 Å². The van der Waals surface area contributed by atoms with E-state index in [1.807, 2.05) is 36.5 Å².